The Morgan fingerprint density at radius 3 is 2.33 bits per heavy atom. The van der Waals surface area contributed by atoms with Gasteiger partial charge >= 0.3 is 6.18 Å². The van der Waals surface area contributed by atoms with Crippen molar-refractivity contribution in [2.45, 2.75) is 43.7 Å². The molecule has 5 heteroatoms. The molecule has 3 rings (SSSR count). The zero-order valence-electron chi connectivity index (χ0n) is 11.7. The molecular formula is C16H18F3NO. The summed E-state index contributed by atoms with van der Waals surface area (Å²) in [6.07, 6.45) is 0.0582. The summed E-state index contributed by atoms with van der Waals surface area (Å²) in [5.74, 6) is 0.0153. The van der Waals surface area contributed by atoms with Gasteiger partial charge in [0.15, 0.2) is 0 Å². The first-order valence-electron chi connectivity index (χ1n) is 7.41. The highest BCUT2D eigenvalue weighted by molar-refractivity contribution is 5.91. The Labute approximate surface area is 121 Å². The molecule has 1 amide bonds. The average Bonchev–Trinajstić information content (AvgIpc) is 3.28. The van der Waals surface area contributed by atoms with Gasteiger partial charge in [-0.2, -0.15) is 13.2 Å². The fourth-order valence-corrected chi connectivity index (χ4v) is 3.14. The summed E-state index contributed by atoms with van der Waals surface area (Å²) in [5.41, 5.74) is -0.843. The van der Waals surface area contributed by atoms with Crippen molar-refractivity contribution in [2.75, 3.05) is 13.1 Å². The number of carbonyl (C=O) groups is 1. The van der Waals surface area contributed by atoms with Crippen molar-refractivity contribution in [3.05, 3.63) is 35.4 Å². The number of benzene rings is 1. The number of piperidine rings is 1. The van der Waals surface area contributed by atoms with Gasteiger partial charge in [0.25, 0.3) is 0 Å². The Morgan fingerprint density at radius 1 is 1.10 bits per heavy atom. The molecule has 1 aliphatic carbocycles. The van der Waals surface area contributed by atoms with Gasteiger partial charge < -0.3 is 4.90 Å². The third-order valence-corrected chi connectivity index (χ3v) is 4.55. The summed E-state index contributed by atoms with van der Waals surface area (Å²) < 4.78 is 38.5. The van der Waals surface area contributed by atoms with Gasteiger partial charge in [-0.25, -0.2) is 0 Å². The summed E-state index contributed by atoms with van der Waals surface area (Å²) >= 11 is 0. The van der Waals surface area contributed by atoms with Crippen LogP contribution in [0, 0.1) is 0 Å². The lowest BCUT2D eigenvalue weighted by molar-refractivity contribution is -0.138. The Bertz CT molecular complexity index is 543. The van der Waals surface area contributed by atoms with Gasteiger partial charge in [-0.3, -0.25) is 4.79 Å². The molecule has 21 heavy (non-hydrogen) atoms. The number of hydrogen-bond donors (Lipinski definition) is 0. The maximum absolute atomic E-state index is 12.8. The number of halogens is 3. The lowest BCUT2D eigenvalue weighted by atomic mass is 9.92. The first kappa shape index (κ1) is 14.4. The quantitative estimate of drug-likeness (QED) is 0.814. The molecule has 1 aromatic carbocycles. The van der Waals surface area contributed by atoms with E-state index < -0.39 is 17.2 Å². The van der Waals surface area contributed by atoms with Crippen LogP contribution in [0.25, 0.3) is 0 Å². The fourth-order valence-electron chi connectivity index (χ4n) is 3.14. The minimum atomic E-state index is -4.36. The Balaban J connectivity index is 1.87. The van der Waals surface area contributed by atoms with Crippen LogP contribution >= 0.6 is 0 Å². The fraction of sp³-hybridized carbons (Fsp3) is 0.562. The van der Waals surface area contributed by atoms with Crippen LogP contribution in [-0.4, -0.2) is 23.9 Å². The molecule has 2 fully saturated rings. The van der Waals surface area contributed by atoms with Crippen molar-refractivity contribution >= 4 is 5.91 Å². The highest BCUT2D eigenvalue weighted by atomic mass is 19.4. The zero-order valence-corrected chi connectivity index (χ0v) is 11.7. The Hall–Kier alpha value is -1.52. The van der Waals surface area contributed by atoms with Crippen molar-refractivity contribution in [2.24, 2.45) is 0 Å². The molecule has 0 radical (unpaired) electrons. The second kappa shape index (κ2) is 5.04. The minimum Gasteiger partial charge on any atom is -0.342 e. The van der Waals surface area contributed by atoms with E-state index in [-0.39, 0.29) is 5.91 Å². The monoisotopic (exact) mass is 297 g/mol. The second-order valence-electron chi connectivity index (χ2n) is 6.01. The summed E-state index contributed by atoms with van der Waals surface area (Å²) in [4.78, 5) is 14.5. The van der Waals surface area contributed by atoms with Gasteiger partial charge in [0.05, 0.1) is 11.0 Å². The van der Waals surface area contributed by atoms with E-state index in [4.69, 9.17) is 0 Å². The molecule has 0 N–H and O–H groups in total. The topological polar surface area (TPSA) is 20.3 Å². The number of rotatable bonds is 2. The number of nitrogens with zero attached hydrogens (tertiary/aromatic N) is 1. The molecule has 1 saturated heterocycles. The van der Waals surface area contributed by atoms with E-state index in [9.17, 15) is 18.0 Å². The van der Waals surface area contributed by atoms with E-state index in [0.29, 0.717) is 18.4 Å². The highest BCUT2D eigenvalue weighted by Gasteiger charge is 2.53. The first-order chi connectivity index (χ1) is 9.93. The van der Waals surface area contributed by atoms with Gasteiger partial charge in [0, 0.05) is 13.1 Å². The van der Waals surface area contributed by atoms with E-state index in [1.54, 1.807) is 6.07 Å². The largest absolute Gasteiger partial charge is 0.416 e. The third kappa shape index (κ3) is 2.65. The molecule has 0 atom stereocenters. The van der Waals surface area contributed by atoms with Gasteiger partial charge in [-0.1, -0.05) is 18.2 Å². The van der Waals surface area contributed by atoms with E-state index in [1.165, 1.54) is 6.07 Å². The van der Waals surface area contributed by atoms with Crippen molar-refractivity contribution in [3.63, 3.8) is 0 Å². The first-order valence-corrected chi connectivity index (χ1v) is 7.41. The van der Waals surface area contributed by atoms with E-state index in [1.807, 2.05) is 4.90 Å². The van der Waals surface area contributed by atoms with E-state index >= 15 is 0 Å². The Kier molecular flexibility index (Phi) is 3.46. The molecule has 1 saturated carbocycles. The predicted octanol–water partition coefficient (Wildman–Crippen LogP) is 3.75. The van der Waals surface area contributed by atoms with Crippen molar-refractivity contribution < 1.29 is 18.0 Å². The molecule has 1 aliphatic heterocycles. The van der Waals surface area contributed by atoms with E-state index in [2.05, 4.69) is 0 Å². The molecule has 0 aromatic heterocycles. The number of amides is 1. The molecule has 0 unspecified atom stereocenters. The molecule has 0 bridgehead atoms. The van der Waals surface area contributed by atoms with E-state index in [0.717, 1.165) is 44.5 Å². The summed E-state index contributed by atoms with van der Waals surface area (Å²) in [6, 6.07) is 5.27. The van der Waals surface area contributed by atoms with Gasteiger partial charge in [-0.05, 0) is 43.7 Å². The van der Waals surface area contributed by atoms with Crippen LogP contribution in [0.4, 0.5) is 13.2 Å². The standard InChI is InChI=1S/C16H18F3NO/c17-16(18,19)13-6-4-5-12(11-13)15(7-8-15)14(21)20-9-2-1-3-10-20/h4-6,11H,1-3,7-10H2. The van der Waals surface area contributed by atoms with Gasteiger partial charge in [-0.15, -0.1) is 0 Å². The van der Waals surface area contributed by atoms with Crippen molar-refractivity contribution in [3.8, 4) is 0 Å². The molecule has 2 aliphatic rings. The number of hydrogen-bond acceptors (Lipinski definition) is 1. The zero-order chi connectivity index (χ0) is 15.1. The summed E-state index contributed by atoms with van der Waals surface area (Å²) in [6.45, 7) is 1.47. The average molecular weight is 297 g/mol. The molecule has 2 nitrogen and oxygen atoms in total. The van der Waals surface area contributed by atoms with Crippen LogP contribution in [-0.2, 0) is 16.4 Å². The molecule has 0 spiro atoms. The number of alkyl halides is 3. The van der Waals surface area contributed by atoms with Crippen molar-refractivity contribution in [1.29, 1.82) is 0 Å². The van der Waals surface area contributed by atoms with Gasteiger partial charge in [0.2, 0.25) is 5.91 Å². The Morgan fingerprint density at radius 2 is 1.76 bits per heavy atom. The van der Waals surface area contributed by atoms with Crippen LogP contribution in [0.15, 0.2) is 24.3 Å². The maximum Gasteiger partial charge on any atom is 0.416 e. The maximum atomic E-state index is 12.8. The van der Waals surface area contributed by atoms with Gasteiger partial charge in [0.1, 0.15) is 0 Å². The predicted molar refractivity (Wildman–Crippen MR) is 72.8 cm³/mol. The number of carbonyl (C=O) groups excluding carboxylic acids is 1. The molecule has 1 aromatic rings. The van der Waals surface area contributed by atoms with Crippen LogP contribution in [0.2, 0.25) is 0 Å². The van der Waals surface area contributed by atoms with Crippen LogP contribution < -0.4 is 0 Å². The molecule has 114 valence electrons. The van der Waals surface area contributed by atoms with Crippen LogP contribution in [0.5, 0.6) is 0 Å². The minimum absolute atomic E-state index is 0.0153. The second-order valence-corrected chi connectivity index (χ2v) is 6.01. The number of likely N-dealkylation sites (tertiary alicyclic amines) is 1. The lowest BCUT2D eigenvalue weighted by Gasteiger charge is -2.31. The smallest absolute Gasteiger partial charge is 0.342 e. The van der Waals surface area contributed by atoms with Crippen LogP contribution in [0.3, 0.4) is 0 Å². The van der Waals surface area contributed by atoms with Crippen LogP contribution in [0.1, 0.15) is 43.2 Å². The summed E-state index contributed by atoms with van der Waals surface area (Å²) in [7, 11) is 0. The summed E-state index contributed by atoms with van der Waals surface area (Å²) in [5, 5.41) is 0. The lowest BCUT2D eigenvalue weighted by Crippen LogP contribution is -2.42. The van der Waals surface area contributed by atoms with Crippen molar-refractivity contribution in [1.82, 2.24) is 4.90 Å². The third-order valence-electron chi connectivity index (χ3n) is 4.55. The normalized spacial score (nSPS) is 21.2. The highest BCUT2D eigenvalue weighted by Crippen LogP contribution is 2.50. The molecule has 1 heterocycles. The molecular weight excluding hydrogens is 279 g/mol. The SMILES string of the molecule is O=C(N1CCCCC1)C1(c2cccc(C(F)(F)F)c2)CC1.